The van der Waals surface area contributed by atoms with Gasteiger partial charge in [-0.05, 0) is 37.1 Å². The third-order valence-electron chi connectivity index (χ3n) is 2.73. The fourth-order valence-corrected chi connectivity index (χ4v) is 1.74. The molecule has 0 aliphatic carbocycles. The summed E-state index contributed by atoms with van der Waals surface area (Å²) >= 11 is 0. The zero-order chi connectivity index (χ0) is 13.4. The topological polar surface area (TPSA) is 50.4 Å². The predicted octanol–water partition coefficient (Wildman–Crippen LogP) is 1.27. The number of methoxy groups -OCH3 is 1. The van der Waals surface area contributed by atoms with Crippen molar-refractivity contribution < 1.29 is 9.53 Å². The molecule has 1 aromatic carbocycles. The van der Waals surface area contributed by atoms with E-state index in [-0.39, 0.29) is 5.91 Å². The lowest BCUT2D eigenvalue weighted by Gasteiger charge is -2.08. The molecule has 2 N–H and O–H groups in total. The average molecular weight is 250 g/mol. The fourth-order valence-electron chi connectivity index (χ4n) is 1.74. The molecule has 0 heterocycles. The van der Waals surface area contributed by atoms with E-state index >= 15 is 0 Å². The van der Waals surface area contributed by atoms with Crippen LogP contribution in [-0.4, -0.2) is 32.7 Å². The van der Waals surface area contributed by atoms with Crippen LogP contribution >= 0.6 is 0 Å². The average Bonchev–Trinajstić information content (AvgIpc) is 2.36. The molecule has 1 aromatic rings. The van der Waals surface area contributed by atoms with E-state index in [1.165, 1.54) is 5.56 Å². The highest BCUT2D eigenvalue weighted by Crippen LogP contribution is 2.18. The first-order chi connectivity index (χ1) is 8.67. The Balaban J connectivity index is 2.35. The first-order valence-corrected chi connectivity index (χ1v) is 6.28. The van der Waals surface area contributed by atoms with Crippen LogP contribution in [0.3, 0.4) is 0 Å². The molecular formula is C14H22N2O2. The van der Waals surface area contributed by atoms with Gasteiger partial charge in [0.1, 0.15) is 5.75 Å². The quantitative estimate of drug-likeness (QED) is 0.766. The Morgan fingerprint density at radius 3 is 2.78 bits per heavy atom. The van der Waals surface area contributed by atoms with Gasteiger partial charge in [0.05, 0.1) is 13.7 Å². The number of carbonyl (C=O) groups is 1. The number of hydrogen-bond donors (Lipinski definition) is 2. The number of likely N-dealkylation sites (N-methyl/N-ethyl adjacent to an activating group) is 1. The Morgan fingerprint density at radius 1 is 1.39 bits per heavy atom. The second-order valence-corrected chi connectivity index (χ2v) is 4.18. The first kappa shape index (κ1) is 14.5. The zero-order valence-electron chi connectivity index (χ0n) is 11.4. The molecule has 0 unspecified atom stereocenters. The minimum atomic E-state index is 0.0436. The highest BCUT2D eigenvalue weighted by atomic mass is 16.5. The highest BCUT2D eigenvalue weighted by Gasteiger charge is 2.02. The lowest BCUT2D eigenvalue weighted by molar-refractivity contribution is -0.120. The van der Waals surface area contributed by atoms with Crippen LogP contribution in [0.25, 0.3) is 0 Å². The maximum Gasteiger partial charge on any atom is 0.233 e. The predicted molar refractivity (Wildman–Crippen MR) is 73.0 cm³/mol. The van der Waals surface area contributed by atoms with E-state index in [9.17, 15) is 4.79 Å². The lowest BCUT2D eigenvalue weighted by atomic mass is 10.1. The lowest BCUT2D eigenvalue weighted by Crippen LogP contribution is -2.34. The van der Waals surface area contributed by atoms with Gasteiger partial charge in [-0.25, -0.2) is 0 Å². The number of carbonyl (C=O) groups excluding carboxylic acids is 1. The summed E-state index contributed by atoms with van der Waals surface area (Å²) in [6.07, 6.45) is 0.836. The van der Waals surface area contributed by atoms with E-state index in [1.54, 1.807) is 7.11 Å². The van der Waals surface area contributed by atoms with Gasteiger partial charge in [0.15, 0.2) is 0 Å². The zero-order valence-corrected chi connectivity index (χ0v) is 11.4. The molecule has 0 aliphatic heterocycles. The van der Waals surface area contributed by atoms with E-state index < -0.39 is 0 Å². The molecule has 0 bridgehead atoms. The van der Waals surface area contributed by atoms with Crippen molar-refractivity contribution >= 4 is 5.91 Å². The molecule has 1 rings (SSSR count). The van der Waals surface area contributed by atoms with E-state index in [4.69, 9.17) is 4.74 Å². The van der Waals surface area contributed by atoms with Crippen molar-refractivity contribution in [2.75, 3.05) is 26.7 Å². The summed E-state index contributed by atoms with van der Waals surface area (Å²) in [5, 5.41) is 5.87. The molecule has 0 saturated carbocycles. The Hall–Kier alpha value is -1.55. The molecule has 0 atom stereocenters. The SMILES string of the molecule is CCNCC(=O)NCCc1ccc(OC)c(C)c1. The summed E-state index contributed by atoms with van der Waals surface area (Å²) in [5.74, 6) is 0.942. The minimum absolute atomic E-state index is 0.0436. The maximum atomic E-state index is 11.4. The molecule has 18 heavy (non-hydrogen) atoms. The highest BCUT2D eigenvalue weighted by molar-refractivity contribution is 5.77. The number of amides is 1. The van der Waals surface area contributed by atoms with E-state index in [0.717, 1.165) is 24.3 Å². The molecule has 0 spiro atoms. The number of nitrogens with one attached hydrogen (secondary N) is 2. The minimum Gasteiger partial charge on any atom is -0.496 e. The summed E-state index contributed by atoms with van der Waals surface area (Å²) in [4.78, 5) is 11.4. The second kappa shape index (κ2) is 7.71. The maximum absolute atomic E-state index is 11.4. The molecule has 100 valence electrons. The van der Waals surface area contributed by atoms with Crippen molar-refractivity contribution in [3.8, 4) is 5.75 Å². The Bertz CT molecular complexity index is 391. The van der Waals surface area contributed by atoms with Gasteiger partial charge >= 0.3 is 0 Å². The molecule has 4 heteroatoms. The number of aryl methyl sites for hydroxylation is 1. The van der Waals surface area contributed by atoms with Gasteiger partial charge in [-0.15, -0.1) is 0 Å². The number of benzene rings is 1. The summed E-state index contributed by atoms with van der Waals surface area (Å²) in [6.45, 7) is 5.86. The van der Waals surface area contributed by atoms with Gasteiger partial charge in [-0.2, -0.15) is 0 Å². The van der Waals surface area contributed by atoms with Crippen LogP contribution in [0.4, 0.5) is 0 Å². The van der Waals surface area contributed by atoms with Gasteiger partial charge in [-0.3, -0.25) is 4.79 Å². The van der Waals surface area contributed by atoms with Crippen LogP contribution in [-0.2, 0) is 11.2 Å². The van der Waals surface area contributed by atoms with Crippen molar-refractivity contribution in [1.82, 2.24) is 10.6 Å². The standard InChI is InChI=1S/C14H22N2O2/c1-4-15-10-14(17)16-8-7-12-5-6-13(18-3)11(2)9-12/h5-6,9,15H,4,7-8,10H2,1-3H3,(H,16,17). The van der Waals surface area contributed by atoms with Crippen LogP contribution in [0.1, 0.15) is 18.1 Å². The van der Waals surface area contributed by atoms with Crippen LogP contribution in [0, 0.1) is 6.92 Å². The third-order valence-corrected chi connectivity index (χ3v) is 2.73. The van der Waals surface area contributed by atoms with Gasteiger partial charge in [-0.1, -0.05) is 19.1 Å². The molecule has 0 aromatic heterocycles. The second-order valence-electron chi connectivity index (χ2n) is 4.18. The van der Waals surface area contributed by atoms with Crippen LogP contribution in [0.5, 0.6) is 5.75 Å². The van der Waals surface area contributed by atoms with E-state index in [0.29, 0.717) is 13.1 Å². The molecule has 1 amide bonds. The van der Waals surface area contributed by atoms with E-state index in [2.05, 4.69) is 16.7 Å². The molecular weight excluding hydrogens is 228 g/mol. The first-order valence-electron chi connectivity index (χ1n) is 6.28. The Morgan fingerprint density at radius 2 is 2.17 bits per heavy atom. The third kappa shape index (κ3) is 4.75. The normalized spacial score (nSPS) is 10.2. The number of hydrogen-bond acceptors (Lipinski definition) is 3. The summed E-state index contributed by atoms with van der Waals surface area (Å²) < 4.78 is 5.21. The fraction of sp³-hybridized carbons (Fsp3) is 0.500. The van der Waals surface area contributed by atoms with Crippen molar-refractivity contribution in [1.29, 1.82) is 0 Å². The van der Waals surface area contributed by atoms with E-state index in [1.807, 2.05) is 26.0 Å². The van der Waals surface area contributed by atoms with Crippen LogP contribution in [0.2, 0.25) is 0 Å². The largest absolute Gasteiger partial charge is 0.496 e. The molecule has 0 fully saturated rings. The molecule has 4 nitrogen and oxygen atoms in total. The summed E-state index contributed by atoms with van der Waals surface area (Å²) in [6, 6.07) is 6.09. The van der Waals surface area contributed by atoms with Gasteiger partial charge in [0.25, 0.3) is 0 Å². The van der Waals surface area contributed by atoms with Crippen molar-refractivity contribution in [3.63, 3.8) is 0 Å². The Labute approximate surface area is 109 Å². The van der Waals surface area contributed by atoms with Crippen molar-refractivity contribution in [3.05, 3.63) is 29.3 Å². The summed E-state index contributed by atoms with van der Waals surface area (Å²) in [5.41, 5.74) is 2.33. The Kier molecular flexibility index (Phi) is 6.22. The van der Waals surface area contributed by atoms with Crippen molar-refractivity contribution in [2.45, 2.75) is 20.3 Å². The molecule has 0 radical (unpaired) electrons. The van der Waals surface area contributed by atoms with Crippen LogP contribution < -0.4 is 15.4 Å². The molecule has 0 aliphatic rings. The number of rotatable bonds is 7. The molecule has 0 saturated heterocycles. The smallest absolute Gasteiger partial charge is 0.233 e. The monoisotopic (exact) mass is 250 g/mol. The van der Waals surface area contributed by atoms with Gasteiger partial charge in [0.2, 0.25) is 5.91 Å². The number of ether oxygens (including phenoxy) is 1. The van der Waals surface area contributed by atoms with Gasteiger partial charge in [0, 0.05) is 6.54 Å². The summed E-state index contributed by atoms with van der Waals surface area (Å²) in [7, 11) is 1.67. The van der Waals surface area contributed by atoms with Crippen LogP contribution in [0.15, 0.2) is 18.2 Å². The van der Waals surface area contributed by atoms with Gasteiger partial charge < -0.3 is 15.4 Å². The van der Waals surface area contributed by atoms with Crippen molar-refractivity contribution in [2.24, 2.45) is 0 Å².